The Hall–Kier alpha value is -1.03. The summed E-state index contributed by atoms with van der Waals surface area (Å²) in [6.07, 6.45) is 0. The quantitative estimate of drug-likeness (QED) is 0.362. The van der Waals surface area contributed by atoms with Crippen LogP contribution < -0.4 is 5.73 Å². The number of hydrogen-bond donors (Lipinski definition) is 2. The Morgan fingerprint density at radius 3 is 2.46 bits per heavy atom. The summed E-state index contributed by atoms with van der Waals surface area (Å²) < 4.78 is 1.02. The molecule has 0 radical (unpaired) electrons. The van der Waals surface area contributed by atoms with Crippen molar-refractivity contribution < 1.29 is 5.21 Å². The summed E-state index contributed by atoms with van der Waals surface area (Å²) in [7, 11) is 0. The van der Waals surface area contributed by atoms with E-state index >= 15 is 0 Å². The van der Waals surface area contributed by atoms with Gasteiger partial charge in [-0.3, -0.25) is 0 Å². The van der Waals surface area contributed by atoms with Crippen LogP contribution in [-0.4, -0.2) is 11.0 Å². The molecule has 1 atom stereocenters. The highest BCUT2D eigenvalue weighted by molar-refractivity contribution is 9.10. The van der Waals surface area contributed by atoms with E-state index in [-0.39, 0.29) is 11.8 Å². The van der Waals surface area contributed by atoms with E-state index in [0.29, 0.717) is 0 Å². The van der Waals surface area contributed by atoms with Gasteiger partial charge in [0.05, 0.1) is 0 Å². The number of benzene rings is 1. The van der Waals surface area contributed by atoms with Crippen molar-refractivity contribution in [3.8, 4) is 0 Å². The Morgan fingerprint density at radius 2 is 2.00 bits per heavy atom. The molecule has 4 heteroatoms. The van der Waals surface area contributed by atoms with Crippen LogP contribution >= 0.6 is 15.9 Å². The lowest BCUT2D eigenvalue weighted by Gasteiger charge is -2.09. The van der Waals surface area contributed by atoms with Crippen LogP contribution in [0.2, 0.25) is 0 Å². The number of oxime groups is 1. The summed E-state index contributed by atoms with van der Waals surface area (Å²) in [5.41, 5.74) is 6.50. The van der Waals surface area contributed by atoms with Gasteiger partial charge in [-0.15, -0.1) is 0 Å². The van der Waals surface area contributed by atoms with Crippen molar-refractivity contribution in [3.05, 3.63) is 34.3 Å². The van der Waals surface area contributed by atoms with Crippen LogP contribution in [0.4, 0.5) is 0 Å². The zero-order valence-corrected chi connectivity index (χ0v) is 8.82. The van der Waals surface area contributed by atoms with E-state index in [1.807, 2.05) is 31.2 Å². The third kappa shape index (κ3) is 2.45. The van der Waals surface area contributed by atoms with Crippen molar-refractivity contribution in [2.45, 2.75) is 12.8 Å². The molecule has 0 fully saturated rings. The van der Waals surface area contributed by atoms with Gasteiger partial charge in [0, 0.05) is 10.4 Å². The molecule has 3 nitrogen and oxygen atoms in total. The first-order valence-corrected chi connectivity index (χ1v) is 4.67. The van der Waals surface area contributed by atoms with Crippen molar-refractivity contribution in [2.75, 3.05) is 0 Å². The van der Waals surface area contributed by atoms with Gasteiger partial charge in [0.15, 0.2) is 0 Å². The molecule has 0 aliphatic carbocycles. The van der Waals surface area contributed by atoms with E-state index in [4.69, 9.17) is 10.9 Å². The lowest BCUT2D eigenvalue weighted by Crippen LogP contribution is -2.19. The summed E-state index contributed by atoms with van der Waals surface area (Å²) >= 11 is 3.34. The fourth-order valence-corrected chi connectivity index (χ4v) is 1.27. The molecule has 1 rings (SSSR count). The number of amidine groups is 1. The zero-order valence-electron chi connectivity index (χ0n) is 7.24. The number of halogens is 1. The lowest BCUT2D eigenvalue weighted by atomic mass is 10.0. The first kappa shape index (κ1) is 10.1. The second-order valence-electron chi connectivity index (χ2n) is 2.80. The van der Waals surface area contributed by atoms with E-state index < -0.39 is 0 Å². The van der Waals surface area contributed by atoms with Crippen molar-refractivity contribution in [3.63, 3.8) is 0 Å². The molecule has 70 valence electrons. The van der Waals surface area contributed by atoms with Crippen molar-refractivity contribution in [1.82, 2.24) is 0 Å². The Balaban J connectivity index is 2.89. The molecule has 0 amide bonds. The molecule has 1 aromatic rings. The molecule has 0 saturated heterocycles. The first-order chi connectivity index (χ1) is 6.15. The molecule has 0 aliphatic rings. The summed E-state index contributed by atoms with van der Waals surface area (Å²) in [4.78, 5) is 0. The molecule has 0 aromatic heterocycles. The van der Waals surface area contributed by atoms with E-state index in [1.165, 1.54) is 0 Å². The maximum atomic E-state index is 8.47. The zero-order chi connectivity index (χ0) is 9.84. The van der Waals surface area contributed by atoms with Gasteiger partial charge in [0.1, 0.15) is 5.84 Å². The van der Waals surface area contributed by atoms with Crippen LogP contribution in [0.3, 0.4) is 0 Å². The minimum Gasteiger partial charge on any atom is -0.409 e. The minimum absolute atomic E-state index is 0.0573. The van der Waals surface area contributed by atoms with Gasteiger partial charge in [-0.25, -0.2) is 0 Å². The van der Waals surface area contributed by atoms with E-state index in [9.17, 15) is 0 Å². The summed E-state index contributed by atoms with van der Waals surface area (Å²) in [5, 5.41) is 11.4. The molecule has 13 heavy (non-hydrogen) atoms. The van der Waals surface area contributed by atoms with Crippen molar-refractivity contribution in [2.24, 2.45) is 10.9 Å². The molecular weight excluding hydrogens is 232 g/mol. The third-order valence-electron chi connectivity index (χ3n) is 1.93. The van der Waals surface area contributed by atoms with Crippen molar-refractivity contribution >= 4 is 21.8 Å². The molecule has 0 aliphatic heterocycles. The fraction of sp³-hybridized carbons (Fsp3) is 0.222. The smallest absolute Gasteiger partial charge is 0.146 e. The largest absolute Gasteiger partial charge is 0.409 e. The molecular formula is C9H11BrN2O. The molecule has 1 aromatic carbocycles. The first-order valence-electron chi connectivity index (χ1n) is 3.88. The summed E-state index contributed by atoms with van der Waals surface area (Å²) in [5.74, 6) is 0.167. The monoisotopic (exact) mass is 242 g/mol. The molecule has 1 unspecified atom stereocenters. The van der Waals surface area contributed by atoms with Crippen LogP contribution in [0.15, 0.2) is 33.9 Å². The van der Waals surface area contributed by atoms with Gasteiger partial charge >= 0.3 is 0 Å². The topological polar surface area (TPSA) is 58.6 Å². The predicted octanol–water partition coefficient (Wildman–Crippen LogP) is 2.30. The van der Waals surface area contributed by atoms with Gasteiger partial charge in [-0.1, -0.05) is 40.1 Å². The van der Waals surface area contributed by atoms with Crippen LogP contribution in [0.1, 0.15) is 18.4 Å². The number of nitrogens with zero attached hydrogens (tertiary/aromatic N) is 1. The highest BCUT2D eigenvalue weighted by Gasteiger charge is 2.09. The van der Waals surface area contributed by atoms with Crippen molar-refractivity contribution in [1.29, 1.82) is 0 Å². The summed E-state index contributed by atoms with van der Waals surface area (Å²) in [6, 6.07) is 7.73. The highest BCUT2D eigenvalue weighted by Crippen LogP contribution is 2.18. The highest BCUT2D eigenvalue weighted by atomic mass is 79.9. The van der Waals surface area contributed by atoms with Gasteiger partial charge < -0.3 is 10.9 Å². The second-order valence-corrected chi connectivity index (χ2v) is 3.71. The Kier molecular flexibility index (Phi) is 3.31. The number of rotatable bonds is 2. The molecule has 0 bridgehead atoms. The third-order valence-corrected chi connectivity index (χ3v) is 2.46. The average Bonchev–Trinajstić information content (AvgIpc) is 2.17. The van der Waals surface area contributed by atoms with Crippen LogP contribution in [0.5, 0.6) is 0 Å². The van der Waals surface area contributed by atoms with E-state index in [2.05, 4.69) is 21.1 Å². The number of nitrogens with two attached hydrogens (primary N) is 1. The Bertz CT molecular complexity index is 308. The maximum Gasteiger partial charge on any atom is 0.146 e. The predicted molar refractivity (Wildman–Crippen MR) is 56.0 cm³/mol. The molecule has 3 N–H and O–H groups in total. The normalized spacial score (nSPS) is 14.2. The van der Waals surface area contributed by atoms with Gasteiger partial charge in [-0.2, -0.15) is 0 Å². The lowest BCUT2D eigenvalue weighted by molar-refractivity contribution is 0.316. The van der Waals surface area contributed by atoms with E-state index in [1.54, 1.807) is 0 Å². The fourth-order valence-electron chi connectivity index (χ4n) is 1.01. The van der Waals surface area contributed by atoms with Crippen LogP contribution in [0, 0.1) is 0 Å². The van der Waals surface area contributed by atoms with Gasteiger partial charge in [0.25, 0.3) is 0 Å². The maximum absolute atomic E-state index is 8.47. The minimum atomic E-state index is -0.0573. The molecule has 0 spiro atoms. The van der Waals surface area contributed by atoms with E-state index in [0.717, 1.165) is 10.0 Å². The summed E-state index contributed by atoms with van der Waals surface area (Å²) in [6.45, 7) is 1.89. The Morgan fingerprint density at radius 1 is 1.46 bits per heavy atom. The standard InChI is InChI=1S/C9H11BrN2O/c1-6(9(11)12-13)7-2-4-8(10)5-3-7/h2-6,13H,1H3,(H2,11,12). The van der Waals surface area contributed by atoms with Gasteiger partial charge in [0.2, 0.25) is 0 Å². The molecule has 0 heterocycles. The Labute approximate surface area is 85.4 Å². The van der Waals surface area contributed by atoms with Gasteiger partial charge in [-0.05, 0) is 17.7 Å². The SMILES string of the molecule is CC(/C(N)=N/O)c1ccc(Br)cc1. The van der Waals surface area contributed by atoms with Crippen LogP contribution in [0.25, 0.3) is 0 Å². The van der Waals surface area contributed by atoms with Crippen LogP contribution in [-0.2, 0) is 0 Å². The second kappa shape index (κ2) is 4.28. The number of hydrogen-bond acceptors (Lipinski definition) is 2. The average molecular weight is 243 g/mol. The molecule has 0 saturated carbocycles.